The second kappa shape index (κ2) is 9.23. The van der Waals surface area contributed by atoms with Gasteiger partial charge in [-0.25, -0.2) is 8.42 Å². The molecule has 0 fully saturated rings. The van der Waals surface area contributed by atoms with E-state index in [0.29, 0.717) is 17.9 Å². The molecule has 0 aliphatic carbocycles. The fourth-order valence-corrected chi connectivity index (χ4v) is 4.12. The summed E-state index contributed by atoms with van der Waals surface area (Å²) in [5.74, 6) is 0.953. The highest BCUT2D eigenvalue weighted by molar-refractivity contribution is 7.99. The van der Waals surface area contributed by atoms with E-state index in [9.17, 15) is 13.2 Å². The quantitative estimate of drug-likeness (QED) is 0.541. The highest BCUT2D eigenvalue weighted by Gasteiger charge is 2.15. The lowest BCUT2D eigenvalue weighted by atomic mass is 10.1. The van der Waals surface area contributed by atoms with Gasteiger partial charge in [0.2, 0.25) is 5.89 Å². The maximum Gasteiger partial charge on any atom is 0.322 e. The van der Waals surface area contributed by atoms with E-state index in [1.54, 1.807) is 18.7 Å². The standard InChI is InChI=1S/C20H21N3O4S2/c1-3-28-16-9-5-14(6-10-16)13-18-22-23-20(27-18)21-19(24)15-7-11-17(12-8-15)29(25,26)4-2/h5-12H,3-4,13H2,1-2H3,(H,21,23,24). The largest absolute Gasteiger partial charge is 0.407 e. The minimum atomic E-state index is -3.31. The molecule has 0 radical (unpaired) electrons. The summed E-state index contributed by atoms with van der Waals surface area (Å²) in [6.07, 6.45) is 0.462. The van der Waals surface area contributed by atoms with Gasteiger partial charge >= 0.3 is 6.01 Å². The van der Waals surface area contributed by atoms with Gasteiger partial charge in [-0.3, -0.25) is 10.1 Å². The molecule has 1 N–H and O–H groups in total. The normalized spacial score (nSPS) is 11.4. The van der Waals surface area contributed by atoms with Gasteiger partial charge in [-0.1, -0.05) is 31.1 Å². The molecule has 1 amide bonds. The van der Waals surface area contributed by atoms with Crippen LogP contribution >= 0.6 is 11.8 Å². The zero-order chi connectivity index (χ0) is 20.9. The fourth-order valence-electron chi connectivity index (χ4n) is 2.57. The molecular formula is C20H21N3O4S2. The summed E-state index contributed by atoms with van der Waals surface area (Å²) in [4.78, 5) is 13.7. The van der Waals surface area contributed by atoms with Crippen molar-refractivity contribution < 1.29 is 17.6 Å². The van der Waals surface area contributed by atoms with Gasteiger partial charge in [-0.2, -0.15) is 0 Å². The predicted octanol–water partition coefficient (Wildman–Crippen LogP) is 3.82. The van der Waals surface area contributed by atoms with Gasteiger partial charge in [-0.15, -0.1) is 16.9 Å². The van der Waals surface area contributed by atoms with E-state index in [1.807, 2.05) is 24.3 Å². The van der Waals surface area contributed by atoms with Crippen LogP contribution in [0.3, 0.4) is 0 Å². The van der Waals surface area contributed by atoms with Gasteiger partial charge in [0.15, 0.2) is 9.84 Å². The Morgan fingerprint density at radius 2 is 1.72 bits per heavy atom. The number of nitrogens with one attached hydrogen (secondary N) is 1. The Kier molecular flexibility index (Phi) is 6.71. The van der Waals surface area contributed by atoms with Gasteiger partial charge in [0.1, 0.15) is 0 Å². The Balaban J connectivity index is 1.62. The fraction of sp³-hybridized carbons (Fsp3) is 0.250. The van der Waals surface area contributed by atoms with Crippen LogP contribution in [0, 0.1) is 0 Å². The second-order valence-electron chi connectivity index (χ2n) is 6.14. The van der Waals surface area contributed by atoms with Crippen molar-refractivity contribution in [3.05, 3.63) is 65.5 Å². The number of hydrogen-bond donors (Lipinski definition) is 1. The molecule has 0 atom stereocenters. The topological polar surface area (TPSA) is 102 Å². The molecule has 0 saturated carbocycles. The monoisotopic (exact) mass is 431 g/mol. The van der Waals surface area contributed by atoms with Crippen LogP contribution in [0.2, 0.25) is 0 Å². The number of anilines is 1. The first-order chi connectivity index (χ1) is 13.9. The third-order valence-electron chi connectivity index (χ3n) is 4.13. The number of sulfone groups is 1. The van der Waals surface area contributed by atoms with Crippen LogP contribution in [0.25, 0.3) is 0 Å². The molecule has 152 valence electrons. The highest BCUT2D eigenvalue weighted by Crippen LogP contribution is 2.19. The lowest BCUT2D eigenvalue weighted by molar-refractivity contribution is 0.102. The third-order valence-corrected chi connectivity index (χ3v) is 6.78. The van der Waals surface area contributed by atoms with Crippen LogP contribution < -0.4 is 5.32 Å². The number of hydrogen-bond acceptors (Lipinski definition) is 7. The van der Waals surface area contributed by atoms with Gasteiger partial charge in [0.25, 0.3) is 5.91 Å². The van der Waals surface area contributed by atoms with Crippen molar-refractivity contribution in [1.29, 1.82) is 0 Å². The number of carbonyl (C=O) groups excluding carboxylic acids is 1. The van der Waals surface area contributed by atoms with Crippen LogP contribution in [0.1, 0.15) is 35.7 Å². The maximum absolute atomic E-state index is 12.3. The number of carbonyl (C=O) groups is 1. The molecule has 1 heterocycles. The summed E-state index contributed by atoms with van der Waals surface area (Å²) in [5, 5.41) is 10.3. The van der Waals surface area contributed by atoms with E-state index in [1.165, 1.54) is 29.2 Å². The first-order valence-corrected chi connectivity index (χ1v) is 11.7. The van der Waals surface area contributed by atoms with Crippen LogP contribution in [0.5, 0.6) is 0 Å². The molecule has 9 heteroatoms. The van der Waals surface area contributed by atoms with E-state index in [0.717, 1.165) is 11.3 Å². The smallest absolute Gasteiger partial charge is 0.322 e. The zero-order valence-corrected chi connectivity index (χ0v) is 17.7. The van der Waals surface area contributed by atoms with Crippen molar-refractivity contribution in [3.63, 3.8) is 0 Å². The summed E-state index contributed by atoms with van der Waals surface area (Å²) in [5.41, 5.74) is 1.32. The SMILES string of the molecule is CCSc1ccc(Cc2nnc(NC(=O)c3ccc(S(=O)(=O)CC)cc3)o2)cc1. The molecule has 1 aromatic heterocycles. The molecule has 0 spiro atoms. The average Bonchev–Trinajstić information content (AvgIpc) is 3.16. The molecular weight excluding hydrogens is 410 g/mol. The van der Waals surface area contributed by atoms with Gasteiger partial charge < -0.3 is 4.42 Å². The van der Waals surface area contributed by atoms with Crippen molar-refractivity contribution in [2.24, 2.45) is 0 Å². The molecule has 0 saturated heterocycles. The molecule has 0 bridgehead atoms. The van der Waals surface area contributed by atoms with E-state index < -0.39 is 15.7 Å². The average molecular weight is 432 g/mol. The van der Waals surface area contributed by atoms with Gasteiger partial charge in [0, 0.05) is 10.5 Å². The Bertz CT molecular complexity index is 1080. The first-order valence-electron chi connectivity index (χ1n) is 9.09. The first kappa shape index (κ1) is 21.1. The summed E-state index contributed by atoms with van der Waals surface area (Å²) < 4.78 is 29.2. The molecule has 0 aliphatic heterocycles. The van der Waals surface area contributed by atoms with Crippen LogP contribution in [-0.2, 0) is 16.3 Å². The lowest BCUT2D eigenvalue weighted by Crippen LogP contribution is -2.12. The third kappa shape index (κ3) is 5.45. The van der Waals surface area contributed by atoms with Crippen molar-refractivity contribution >= 4 is 33.5 Å². The maximum atomic E-state index is 12.3. The van der Waals surface area contributed by atoms with Gasteiger partial charge in [-0.05, 0) is 47.7 Å². The Hall–Kier alpha value is -2.65. The van der Waals surface area contributed by atoms with Crippen LogP contribution in [0.15, 0.2) is 62.7 Å². The molecule has 7 nitrogen and oxygen atoms in total. The van der Waals surface area contributed by atoms with E-state index in [-0.39, 0.29) is 16.7 Å². The molecule has 3 aromatic rings. The number of amides is 1. The minimum absolute atomic E-state index is 0.00345. The van der Waals surface area contributed by atoms with Gasteiger partial charge in [0.05, 0.1) is 17.1 Å². The number of thioether (sulfide) groups is 1. The zero-order valence-electron chi connectivity index (χ0n) is 16.1. The number of benzene rings is 2. The van der Waals surface area contributed by atoms with E-state index >= 15 is 0 Å². The van der Waals surface area contributed by atoms with Crippen LogP contribution in [0.4, 0.5) is 6.01 Å². The molecule has 29 heavy (non-hydrogen) atoms. The summed E-state index contributed by atoms with van der Waals surface area (Å²) in [6, 6.07) is 13.8. The highest BCUT2D eigenvalue weighted by atomic mass is 32.2. The summed E-state index contributed by atoms with van der Waals surface area (Å²) in [6.45, 7) is 3.68. The second-order valence-corrected chi connectivity index (χ2v) is 9.75. The molecule has 0 aliphatic rings. The molecule has 2 aromatic carbocycles. The molecule has 0 unspecified atom stereocenters. The van der Waals surface area contributed by atoms with Crippen LogP contribution in [-0.4, -0.2) is 36.0 Å². The summed E-state index contributed by atoms with van der Waals surface area (Å²) >= 11 is 1.77. The Morgan fingerprint density at radius 1 is 1.03 bits per heavy atom. The van der Waals surface area contributed by atoms with Crippen molar-refractivity contribution in [2.75, 3.05) is 16.8 Å². The van der Waals surface area contributed by atoms with Crippen molar-refractivity contribution in [1.82, 2.24) is 10.2 Å². The summed E-state index contributed by atoms with van der Waals surface area (Å²) in [7, 11) is -3.31. The minimum Gasteiger partial charge on any atom is -0.407 e. The molecule has 3 rings (SSSR count). The van der Waals surface area contributed by atoms with E-state index in [2.05, 4.69) is 22.4 Å². The number of nitrogens with zero attached hydrogens (tertiary/aromatic N) is 2. The lowest BCUT2D eigenvalue weighted by Gasteiger charge is -2.04. The Labute approximate surface area is 173 Å². The van der Waals surface area contributed by atoms with Crippen molar-refractivity contribution in [2.45, 2.75) is 30.1 Å². The Morgan fingerprint density at radius 3 is 2.34 bits per heavy atom. The number of rotatable bonds is 8. The number of aromatic nitrogens is 2. The predicted molar refractivity (Wildman–Crippen MR) is 112 cm³/mol. The van der Waals surface area contributed by atoms with Crippen molar-refractivity contribution in [3.8, 4) is 0 Å². The van der Waals surface area contributed by atoms with E-state index in [4.69, 9.17) is 4.42 Å².